The van der Waals surface area contributed by atoms with Gasteiger partial charge >= 0.3 is 5.97 Å². The maximum atomic E-state index is 12.5. The first-order valence-corrected chi connectivity index (χ1v) is 9.38. The smallest absolute Gasteiger partial charge is 0.340 e. The number of halogens is 2. The molecule has 0 aliphatic heterocycles. The Bertz CT molecular complexity index is 951. The molecule has 0 radical (unpaired) electrons. The van der Waals surface area contributed by atoms with Gasteiger partial charge in [-0.05, 0) is 18.2 Å². The number of carbonyl (C=O) groups excluding carboxylic acids is 3. The zero-order chi connectivity index (χ0) is 21.6. The predicted molar refractivity (Wildman–Crippen MR) is 112 cm³/mol. The van der Waals surface area contributed by atoms with E-state index in [1.165, 1.54) is 33.3 Å². The highest BCUT2D eigenvalue weighted by Crippen LogP contribution is 2.34. The second kappa shape index (κ2) is 10.1. The zero-order valence-electron chi connectivity index (χ0n) is 15.8. The van der Waals surface area contributed by atoms with Gasteiger partial charge in [-0.15, -0.1) is 0 Å². The predicted octanol–water partition coefficient (Wildman–Crippen LogP) is 3.87. The van der Waals surface area contributed by atoms with Gasteiger partial charge in [0.2, 0.25) is 5.91 Å². The van der Waals surface area contributed by atoms with Crippen molar-refractivity contribution in [2.75, 3.05) is 31.5 Å². The Morgan fingerprint density at radius 1 is 1.00 bits per heavy atom. The van der Waals surface area contributed by atoms with E-state index >= 15 is 0 Å². The van der Waals surface area contributed by atoms with Gasteiger partial charge in [-0.3, -0.25) is 9.59 Å². The van der Waals surface area contributed by atoms with E-state index in [1.54, 1.807) is 18.2 Å². The third kappa shape index (κ3) is 6.10. The minimum Gasteiger partial charge on any atom is -0.493 e. The lowest BCUT2D eigenvalue weighted by molar-refractivity contribution is -0.119. The summed E-state index contributed by atoms with van der Waals surface area (Å²) in [6, 6.07) is 7.72. The molecule has 0 aromatic heterocycles. The van der Waals surface area contributed by atoms with Gasteiger partial charge in [0.05, 0.1) is 36.2 Å². The minimum absolute atomic E-state index is 0.00678. The van der Waals surface area contributed by atoms with Crippen LogP contribution in [0.2, 0.25) is 5.02 Å². The van der Waals surface area contributed by atoms with Crippen LogP contribution < -0.4 is 20.1 Å². The van der Waals surface area contributed by atoms with Gasteiger partial charge in [-0.25, -0.2) is 4.79 Å². The SMILES string of the molecule is COc1cc(NC(C)=O)c(C(=O)OCC(=O)Nc2ccc(Br)cc2Cl)cc1OC. The Labute approximate surface area is 180 Å². The van der Waals surface area contributed by atoms with Gasteiger partial charge in [0.15, 0.2) is 18.1 Å². The van der Waals surface area contributed by atoms with Crippen molar-refractivity contribution in [3.05, 3.63) is 45.4 Å². The van der Waals surface area contributed by atoms with Crippen molar-refractivity contribution in [1.82, 2.24) is 0 Å². The van der Waals surface area contributed by atoms with Gasteiger partial charge < -0.3 is 24.8 Å². The van der Waals surface area contributed by atoms with E-state index < -0.39 is 24.4 Å². The summed E-state index contributed by atoms with van der Waals surface area (Å²) in [5.74, 6) is -1.22. The molecular weight excluding hydrogens is 468 g/mol. The minimum atomic E-state index is -0.827. The lowest BCUT2D eigenvalue weighted by Gasteiger charge is -2.14. The van der Waals surface area contributed by atoms with E-state index in [4.69, 9.17) is 25.8 Å². The highest BCUT2D eigenvalue weighted by atomic mass is 79.9. The summed E-state index contributed by atoms with van der Waals surface area (Å²) in [6.45, 7) is 0.736. The Kier molecular flexibility index (Phi) is 7.86. The molecule has 0 saturated carbocycles. The van der Waals surface area contributed by atoms with Crippen molar-refractivity contribution in [2.24, 2.45) is 0 Å². The van der Waals surface area contributed by atoms with Crippen LogP contribution in [0, 0.1) is 0 Å². The van der Waals surface area contributed by atoms with E-state index in [0.717, 1.165) is 4.47 Å². The molecule has 29 heavy (non-hydrogen) atoms. The molecule has 0 unspecified atom stereocenters. The average Bonchev–Trinajstić information content (AvgIpc) is 2.67. The Balaban J connectivity index is 2.14. The van der Waals surface area contributed by atoms with Crippen molar-refractivity contribution in [3.8, 4) is 11.5 Å². The highest BCUT2D eigenvalue weighted by Gasteiger charge is 2.20. The molecule has 8 nitrogen and oxygen atoms in total. The van der Waals surface area contributed by atoms with Crippen LogP contribution in [0.4, 0.5) is 11.4 Å². The fourth-order valence-electron chi connectivity index (χ4n) is 2.33. The summed E-state index contributed by atoms with van der Waals surface area (Å²) in [5.41, 5.74) is 0.546. The normalized spacial score (nSPS) is 10.1. The van der Waals surface area contributed by atoms with E-state index in [1.807, 2.05) is 0 Å². The molecule has 0 bridgehead atoms. The average molecular weight is 486 g/mol. The topological polar surface area (TPSA) is 103 Å². The Morgan fingerprint density at radius 3 is 2.24 bits per heavy atom. The third-order valence-corrected chi connectivity index (χ3v) is 4.40. The maximum absolute atomic E-state index is 12.5. The molecule has 2 rings (SSSR count). The third-order valence-electron chi connectivity index (χ3n) is 3.59. The van der Waals surface area contributed by atoms with Gasteiger partial charge in [0.1, 0.15) is 0 Å². The van der Waals surface area contributed by atoms with Gasteiger partial charge in [0, 0.05) is 23.5 Å². The first-order valence-electron chi connectivity index (χ1n) is 8.20. The van der Waals surface area contributed by atoms with Gasteiger partial charge in [-0.2, -0.15) is 0 Å². The van der Waals surface area contributed by atoms with Crippen LogP contribution in [0.5, 0.6) is 11.5 Å². The van der Waals surface area contributed by atoms with Crippen LogP contribution in [0.1, 0.15) is 17.3 Å². The Hall–Kier alpha value is -2.78. The lowest BCUT2D eigenvalue weighted by Crippen LogP contribution is -2.22. The number of ether oxygens (including phenoxy) is 3. The number of rotatable bonds is 7. The highest BCUT2D eigenvalue weighted by molar-refractivity contribution is 9.10. The second-order valence-electron chi connectivity index (χ2n) is 5.68. The molecule has 2 aromatic rings. The number of esters is 1. The van der Waals surface area contributed by atoms with Crippen LogP contribution in [0.15, 0.2) is 34.8 Å². The van der Waals surface area contributed by atoms with Crippen LogP contribution >= 0.6 is 27.5 Å². The first-order chi connectivity index (χ1) is 13.7. The molecule has 2 aromatic carbocycles. The zero-order valence-corrected chi connectivity index (χ0v) is 18.1. The van der Waals surface area contributed by atoms with E-state index in [-0.39, 0.29) is 17.0 Å². The van der Waals surface area contributed by atoms with Crippen LogP contribution in [0.25, 0.3) is 0 Å². The van der Waals surface area contributed by atoms with Crippen molar-refractivity contribution >= 4 is 56.7 Å². The largest absolute Gasteiger partial charge is 0.493 e. The summed E-state index contributed by atoms with van der Waals surface area (Å²) in [6.07, 6.45) is 0. The van der Waals surface area contributed by atoms with Crippen molar-refractivity contribution < 1.29 is 28.6 Å². The van der Waals surface area contributed by atoms with E-state index in [9.17, 15) is 14.4 Å². The summed E-state index contributed by atoms with van der Waals surface area (Å²) in [4.78, 5) is 36.1. The van der Waals surface area contributed by atoms with E-state index in [0.29, 0.717) is 16.5 Å². The molecule has 0 fully saturated rings. The summed E-state index contributed by atoms with van der Waals surface area (Å²) in [7, 11) is 2.82. The van der Waals surface area contributed by atoms with Gasteiger partial charge in [0.25, 0.3) is 5.91 Å². The molecule has 2 N–H and O–H groups in total. The molecule has 10 heteroatoms. The number of methoxy groups -OCH3 is 2. The van der Waals surface area contributed by atoms with Crippen molar-refractivity contribution in [2.45, 2.75) is 6.92 Å². The van der Waals surface area contributed by atoms with Crippen molar-refractivity contribution in [1.29, 1.82) is 0 Å². The number of anilines is 2. The molecule has 0 atom stereocenters. The first kappa shape index (κ1) is 22.5. The quantitative estimate of drug-likeness (QED) is 0.577. The Morgan fingerprint density at radius 2 is 1.66 bits per heavy atom. The van der Waals surface area contributed by atoms with Crippen LogP contribution in [-0.4, -0.2) is 38.6 Å². The van der Waals surface area contributed by atoms with Crippen molar-refractivity contribution in [3.63, 3.8) is 0 Å². The summed E-state index contributed by atoms with van der Waals surface area (Å²) in [5, 5.41) is 5.40. The number of carbonyl (C=O) groups is 3. The van der Waals surface area contributed by atoms with Gasteiger partial charge in [-0.1, -0.05) is 27.5 Å². The molecule has 0 saturated heterocycles. The molecule has 0 aliphatic carbocycles. The standard InChI is InChI=1S/C19H18BrClN2O6/c1-10(24)22-15-8-17(28-3)16(27-2)7-12(15)19(26)29-9-18(25)23-14-5-4-11(20)6-13(14)21/h4-8H,9H2,1-3H3,(H,22,24)(H,23,25). The number of nitrogens with one attached hydrogen (secondary N) is 2. The molecule has 0 aliphatic rings. The fraction of sp³-hybridized carbons (Fsp3) is 0.211. The van der Waals surface area contributed by atoms with Crippen LogP contribution in [-0.2, 0) is 14.3 Å². The number of hydrogen-bond donors (Lipinski definition) is 2. The molecule has 0 spiro atoms. The lowest BCUT2D eigenvalue weighted by atomic mass is 10.1. The molecule has 154 valence electrons. The fourth-order valence-corrected chi connectivity index (χ4v) is 3.05. The summed E-state index contributed by atoms with van der Waals surface area (Å²) >= 11 is 9.31. The number of benzene rings is 2. The molecule has 2 amide bonds. The van der Waals surface area contributed by atoms with E-state index in [2.05, 4.69) is 26.6 Å². The molecular formula is C19H18BrClN2O6. The number of amides is 2. The maximum Gasteiger partial charge on any atom is 0.340 e. The number of hydrogen-bond acceptors (Lipinski definition) is 6. The second-order valence-corrected chi connectivity index (χ2v) is 7.01. The summed E-state index contributed by atoms with van der Waals surface area (Å²) < 4.78 is 16.2. The van der Waals surface area contributed by atoms with Crippen LogP contribution in [0.3, 0.4) is 0 Å². The molecule has 0 heterocycles. The monoisotopic (exact) mass is 484 g/mol.